The number of rotatable bonds is 6. The minimum atomic E-state index is -5.93. The van der Waals surface area contributed by atoms with E-state index in [1.165, 1.54) is 0 Å². The first kappa shape index (κ1) is 22.6. The Balaban J connectivity index is 1.85. The van der Waals surface area contributed by atoms with E-state index in [1.54, 1.807) is 13.0 Å². The third kappa shape index (κ3) is 5.33. The molecule has 3 rings (SSSR count). The zero-order valence-electron chi connectivity index (χ0n) is 15.8. The number of nitrogens with one attached hydrogen (secondary N) is 2. The molecule has 12 heteroatoms. The fourth-order valence-electron chi connectivity index (χ4n) is 2.57. The summed E-state index contributed by atoms with van der Waals surface area (Å²) in [5.41, 5.74) is -5.04. The van der Waals surface area contributed by atoms with Crippen LogP contribution in [0.3, 0.4) is 0 Å². The predicted octanol–water partition coefficient (Wildman–Crippen LogP) is 3.57. The number of halogens is 3. The molecule has 2 aromatic heterocycles. The quantitative estimate of drug-likeness (QED) is 0.422. The van der Waals surface area contributed by atoms with E-state index in [2.05, 4.69) is 14.5 Å². The van der Waals surface area contributed by atoms with Gasteiger partial charge in [-0.1, -0.05) is 30.3 Å². The van der Waals surface area contributed by atoms with E-state index in [0.29, 0.717) is 27.9 Å². The molecule has 0 bridgehead atoms. The highest BCUT2D eigenvalue weighted by molar-refractivity contribution is 7.88. The van der Waals surface area contributed by atoms with Gasteiger partial charge in [0.2, 0.25) is 0 Å². The van der Waals surface area contributed by atoms with Gasteiger partial charge in [-0.05, 0) is 24.1 Å². The Morgan fingerprint density at radius 2 is 1.84 bits per heavy atom. The van der Waals surface area contributed by atoms with Crippen LogP contribution in [0.4, 0.5) is 13.2 Å². The Labute approximate surface area is 178 Å². The molecule has 0 saturated carbocycles. The third-order valence-corrected chi connectivity index (χ3v) is 6.24. The molecule has 0 radical (unpaired) electrons. The number of thiophene rings is 1. The van der Waals surface area contributed by atoms with Crippen molar-refractivity contribution in [3.8, 4) is 16.3 Å². The summed E-state index contributed by atoms with van der Waals surface area (Å²) in [5, 5.41) is 2.76. The molecule has 0 saturated heterocycles. The van der Waals surface area contributed by atoms with Crippen molar-refractivity contribution < 1.29 is 30.6 Å². The first-order valence-electron chi connectivity index (χ1n) is 8.64. The highest BCUT2D eigenvalue weighted by Gasteiger charge is 2.48. The highest BCUT2D eigenvalue weighted by atomic mass is 32.2. The van der Waals surface area contributed by atoms with Gasteiger partial charge in [-0.15, -0.1) is 11.3 Å². The van der Waals surface area contributed by atoms with Gasteiger partial charge in [0.1, 0.15) is 0 Å². The number of aromatic amines is 1. The number of alkyl halides is 3. The molecule has 2 heterocycles. The van der Waals surface area contributed by atoms with Crippen LogP contribution in [0.1, 0.15) is 20.8 Å². The lowest BCUT2D eigenvalue weighted by Gasteiger charge is -2.09. The number of pyridine rings is 1. The van der Waals surface area contributed by atoms with Gasteiger partial charge in [0.25, 0.3) is 11.5 Å². The van der Waals surface area contributed by atoms with E-state index >= 15 is 0 Å². The van der Waals surface area contributed by atoms with Crippen LogP contribution in [-0.4, -0.2) is 24.8 Å². The molecule has 1 aromatic carbocycles. The zero-order valence-corrected chi connectivity index (χ0v) is 17.5. The van der Waals surface area contributed by atoms with Crippen molar-refractivity contribution in [2.75, 3.05) is 0 Å². The lowest BCUT2D eigenvalue weighted by molar-refractivity contribution is -0.0500. The van der Waals surface area contributed by atoms with Gasteiger partial charge in [-0.25, -0.2) is 0 Å². The maximum absolute atomic E-state index is 12.5. The van der Waals surface area contributed by atoms with Crippen molar-refractivity contribution in [2.24, 2.45) is 0 Å². The molecule has 0 aliphatic carbocycles. The van der Waals surface area contributed by atoms with Crippen molar-refractivity contribution >= 4 is 27.4 Å². The Kier molecular flexibility index (Phi) is 6.23. The van der Waals surface area contributed by atoms with Crippen molar-refractivity contribution in [2.45, 2.75) is 19.0 Å². The second-order valence-corrected chi connectivity index (χ2v) is 8.96. The molecule has 0 spiro atoms. The molecule has 7 nitrogen and oxygen atoms in total. The van der Waals surface area contributed by atoms with E-state index < -0.39 is 26.9 Å². The fourth-order valence-corrected chi connectivity index (χ4v) is 4.08. The van der Waals surface area contributed by atoms with Crippen LogP contribution < -0.4 is 15.1 Å². The molecular formula is C19H15F3N2O5S2. The highest BCUT2D eigenvalue weighted by Crippen LogP contribution is 2.32. The topological polar surface area (TPSA) is 105 Å². The number of carbonyl (C=O) groups excluding carboxylic acids is 1. The average molecular weight is 472 g/mol. The average Bonchev–Trinajstić information content (AvgIpc) is 3.07. The van der Waals surface area contributed by atoms with Gasteiger partial charge in [0, 0.05) is 18.7 Å². The maximum atomic E-state index is 12.5. The largest absolute Gasteiger partial charge is 0.534 e. The molecule has 0 unspecified atom stereocenters. The van der Waals surface area contributed by atoms with Gasteiger partial charge in [-0.3, -0.25) is 9.59 Å². The van der Waals surface area contributed by atoms with Crippen LogP contribution in [0.5, 0.6) is 5.75 Å². The summed E-state index contributed by atoms with van der Waals surface area (Å²) in [6, 6.07) is 12.3. The summed E-state index contributed by atoms with van der Waals surface area (Å²) in [6.07, 6.45) is 0. The standard InChI is InChI=1S/C19H15F3N2O5S2/c1-11-7-15(30-17(11)18(26)23-10-12-5-3-2-4-6-12)14-8-13(9-16(25)24-14)29-31(27,28)19(20,21)22/h2-9H,10H2,1H3,(H,23,26)(H,24,25). The number of aryl methyl sites for hydroxylation is 1. The number of H-pyrrole nitrogens is 1. The molecule has 3 aromatic rings. The van der Waals surface area contributed by atoms with Gasteiger partial charge in [0.15, 0.2) is 5.75 Å². The summed E-state index contributed by atoms with van der Waals surface area (Å²) >= 11 is 0.987. The minimum Gasteiger partial charge on any atom is -0.376 e. The van der Waals surface area contributed by atoms with Crippen LogP contribution in [0.25, 0.3) is 10.6 Å². The maximum Gasteiger partial charge on any atom is 0.534 e. The summed E-state index contributed by atoms with van der Waals surface area (Å²) in [7, 11) is -5.93. The van der Waals surface area contributed by atoms with Crippen LogP contribution in [-0.2, 0) is 16.7 Å². The number of amides is 1. The van der Waals surface area contributed by atoms with Gasteiger partial charge in [-0.2, -0.15) is 21.6 Å². The van der Waals surface area contributed by atoms with E-state index in [1.807, 2.05) is 30.3 Å². The number of aromatic nitrogens is 1. The van der Waals surface area contributed by atoms with Crippen molar-refractivity contribution in [3.63, 3.8) is 0 Å². The summed E-state index contributed by atoms with van der Waals surface area (Å²) in [4.78, 5) is 27.4. The second kappa shape index (κ2) is 8.55. The lowest BCUT2D eigenvalue weighted by Crippen LogP contribution is -2.28. The minimum absolute atomic E-state index is 0.00934. The van der Waals surface area contributed by atoms with Crippen LogP contribution in [0, 0.1) is 6.92 Å². The smallest absolute Gasteiger partial charge is 0.376 e. The molecule has 0 atom stereocenters. The molecule has 1 amide bonds. The zero-order chi connectivity index (χ0) is 22.8. The van der Waals surface area contributed by atoms with E-state index in [9.17, 15) is 31.2 Å². The summed E-state index contributed by atoms with van der Waals surface area (Å²) in [6.45, 7) is 1.95. The Morgan fingerprint density at radius 3 is 2.48 bits per heavy atom. The molecule has 2 N–H and O–H groups in total. The Hall–Kier alpha value is -3.12. The SMILES string of the molecule is Cc1cc(-c2cc(OS(=O)(=O)C(F)(F)F)cc(=O)[nH]2)sc1C(=O)NCc1ccccc1. The van der Waals surface area contributed by atoms with Gasteiger partial charge >= 0.3 is 15.6 Å². The van der Waals surface area contributed by atoms with Crippen LogP contribution >= 0.6 is 11.3 Å². The van der Waals surface area contributed by atoms with Gasteiger partial charge in [0.05, 0.1) is 15.4 Å². The predicted molar refractivity (Wildman–Crippen MR) is 108 cm³/mol. The first-order valence-corrected chi connectivity index (χ1v) is 10.9. The normalized spacial score (nSPS) is 11.9. The lowest BCUT2D eigenvalue weighted by atomic mass is 10.2. The van der Waals surface area contributed by atoms with Crippen molar-refractivity contribution in [1.82, 2.24) is 10.3 Å². The number of benzene rings is 1. The number of carbonyl (C=O) groups is 1. The second-order valence-electron chi connectivity index (χ2n) is 6.37. The van der Waals surface area contributed by atoms with Crippen LogP contribution in [0.15, 0.2) is 53.3 Å². The fraction of sp³-hybridized carbons (Fsp3) is 0.158. The Bertz CT molecular complexity index is 1270. The van der Waals surface area contributed by atoms with Crippen molar-refractivity contribution in [3.05, 3.63) is 74.9 Å². The molecule has 31 heavy (non-hydrogen) atoms. The van der Waals surface area contributed by atoms with Crippen molar-refractivity contribution in [1.29, 1.82) is 0 Å². The molecule has 0 aliphatic rings. The summed E-state index contributed by atoms with van der Waals surface area (Å²) < 4.78 is 64.1. The van der Waals surface area contributed by atoms with E-state index in [0.717, 1.165) is 23.0 Å². The Morgan fingerprint density at radius 1 is 1.16 bits per heavy atom. The summed E-state index contributed by atoms with van der Waals surface area (Å²) in [5.74, 6) is -1.16. The molecule has 0 fully saturated rings. The van der Waals surface area contributed by atoms with Crippen LogP contribution in [0.2, 0.25) is 0 Å². The molecular weight excluding hydrogens is 457 g/mol. The third-order valence-electron chi connectivity index (χ3n) is 3.99. The van der Waals surface area contributed by atoms with Gasteiger partial charge < -0.3 is 14.5 Å². The number of hydrogen-bond acceptors (Lipinski definition) is 6. The monoisotopic (exact) mass is 472 g/mol. The molecule has 0 aliphatic heterocycles. The molecule has 164 valence electrons. The number of hydrogen-bond donors (Lipinski definition) is 2. The van der Waals surface area contributed by atoms with E-state index in [4.69, 9.17) is 0 Å². The van der Waals surface area contributed by atoms with E-state index in [-0.39, 0.29) is 11.6 Å². The first-order chi connectivity index (χ1) is 14.5.